The van der Waals surface area contributed by atoms with Gasteiger partial charge in [0.15, 0.2) is 5.78 Å². The van der Waals surface area contributed by atoms with E-state index in [1.54, 1.807) is 0 Å². The first kappa shape index (κ1) is 18.6. The Morgan fingerprint density at radius 2 is 2.14 bits per heavy atom. The molecule has 158 valence electrons. The number of hydrogen-bond donors (Lipinski definition) is 1. The lowest BCUT2D eigenvalue weighted by Crippen LogP contribution is -2.60. The predicted octanol–water partition coefficient (Wildman–Crippen LogP) is 3.19. The maximum atomic E-state index is 12.2. The molecule has 5 aliphatic carbocycles. The second kappa shape index (κ2) is 5.34. The van der Waals surface area contributed by atoms with Crippen LogP contribution in [-0.2, 0) is 19.1 Å². The molecule has 0 aromatic rings. The third-order valence-corrected chi connectivity index (χ3v) is 10.4. The largest absolute Gasteiger partial charge is 0.469 e. The van der Waals surface area contributed by atoms with Crippen LogP contribution in [0, 0.1) is 34.5 Å². The summed E-state index contributed by atoms with van der Waals surface area (Å²) < 4.78 is 11.5. The van der Waals surface area contributed by atoms with E-state index in [9.17, 15) is 14.7 Å². The maximum Gasteiger partial charge on any atom is 0.305 e. The number of methoxy groups -OCH3 is 1. The minimum Gasteiger partial charge on any atom is -0.469 e. The lowest BCUT2D eigenvalue weighted by atomic mass is 9.46. The van der Waals surface area contributed by atoms with Crippen molar-refractivity contribution in [1.29, 1.82) is 0 Å². The topological polar surface area (TPSA) is 76.1 Å². The normalized spacial score (nSPS) is 56.2. The smallest absolute Gasteiger partial charge is 0.305 e. The van der Waals surface area contributed by atoms with E-state index in [0.717, 1.165) is 25.7 Å². The number of epoxide rings is 1. The van der Waals surface area contributed by atoms with Crippen LogP contribution in [-0.4, -0.2) is 41.3 Å². The van der Waals surface area contributed by atoms with Crippen LogP contribution in [0.1, 0.15) is 65.2 Å². The van der Waals surface area contributed by atoms with Gasteiger partial charge in [-0.3, -0.25) is 9.59 Å². The molecule has 6 rings (SSSR count). The minimum atomic E-state index is -0.825. The van der Waals surface area contributed by atoms with Crippen molar-refractivity contribution in [1.82, 2.24) is 0 Å². The number of carbonyl (C=O) groups is 2. The van der Waals surface area contributed by atoms with Crippen LogP contribution in [0.2, 0.25) is 0 Å². The molecule has 1 aliphatic heterocycles. The number of hydrogen-bond acceptors (Lipinski definition) is 5. The lowest BCUT2D eigenvalue weighted by Gasteiger charge is -2.56. The average molecular weight is 401 g/mol. The lowest BCUT2D eigenvalue weighted by molar-refractivity contribution is -0.147. The number of aliphatic hydroxyl groups is 1. The summed E-state index contributed by atoms with van der Waals surface area (Å²) in [5.74, 6) is 2.07. The summed E-state index contributed by atoms with van der Waals surface area (Å²) >= 11 is 0. The molecule has 1 spiro atoms. The Bertz CT molecular complexity index is 848. The highest BCUT2D eigenvalue weighted by Gasteiger charge is 2.84. The Kier molecular flexibility index (Phi) is 3.42. The van der Waals surface area contributed by atoms with Gasteiger partial charge in [0.2, 0.25) is 0 Å². The first-order valence-corrected chi connectivity index (χ1v) is 11.4. The summed E-state index contributed by atoms with van der Waals surface area (Å²) in [6, 6.07) is 0. The molecule has 5 heteroatoms. The van der Waals surface area contributed by atoms with E-state index in [-0.39, 0.29) is 40.7 Å². The molecule has 1 heterocycles. The van der Waals surface area contributed by atoms with Gasteiger partial charge in [-0.15, -0.1) is 0 Å². The third-order valence-electron chi connectivity index (χ3n) is 10.4. The van der Waals surface area contributed by atoms with Crippen molar-refractivity contribution in [3.05, 3.63) is 11.6 Å². The second-order valence-electron chi connectivity index (χ2n) is 11.2. The van der Waals surface area contributed by atoms with Crippen LogP contribution in [0.4, 0.5) is 0 Å². The van der Waals surface area contributed by atoms with Gasteiger partial charge in [0.25, 0.3) is 0 Å². The SMILES string of the molecule is COC(=O)CC[C@]1(O)CC[C@H]2[C@@H]3[C@H]4C[C@H]4C4=CC(=O)CC[C@]4(C)C34O[C@H]4CC21C. The van der Waals surface area contributed by atoms with Gasteiger partial charge in [0.05, 0.1) is 18.8 Å². The highest BCUT2D eigenvalue weighted by Crippen LogP contribution is 2.82. The highest BCUT2D eigenvalue weighted by molar-refractivity contribution is 5.92. The summed E-state index contributed by atoms with van der Waals surface area (Å²) in [6.07, 6.45) is 8.22. The van der Waals surface area contributed by atoms with Crippen LogP contribution >= 0.6 is 0 Å². The predicted molar refractivity (Wildman–Crippen MR) is 105 cm³/mol. The van der Waals surface area contributed by atoms with Crippen molar-refractivity contribution in [3.63, 3.8) is 0 Å². The molecule has 5 nitrogen and oxygen atoms in total. The molecule has 1 saturated heterocycles. The van der Waals surface area contributed by atoms with Crippen molar-refractivity contribution in [3.8, 4) is 0 Å². The Morgan fingerprint density at radius 1 is 1.34 bits per heavy atom. The van der Waals surface area contributed by atoms with E-state index < -0.39 is 5.60 Å². The summed E-state index contributed by atoms with van der Waals surface area (Å²) in [4.78, 5) is 24.0. The van der Waals surface area contributed by atoms with Crippen LogP contribution in [0.3, 0.4) is 0 Å². The molecule has 0 aromatic carbocycles. The molecule has 0 bridgehead atoms. The van der Waals surface area contributed by atoms with Gasteiger partial charge in [-0.1, -0.05) is 19.4 Å². The average Bonchev–Trinajstić information content (AvgIpc) is 3.58. The second-order valence-corrected chi connectivity index (χ2v) is 11.2. The van der Waals surface area contributed by atoms with Gasteiger partial charge in [0, 0.05) is 23.7 Å². The van der Waals surface area contributed by atoms with E-state index >= 15 is 0 Å². The molecular weight excluding hydrogens is 368 g/mol. The van der Waals surface area contributed by atoms with Crippen LogP contribution < -0.4 is 0 Å². The molecule has 0 radical (unpaired) electrons. The van der Waals surface area contributed by atoms with E-state index in [4.69, 9.17) is 9.47 Å². The van der Waals surface area contributed by atoms with Crippen molar-refractivity contribution in [2.24, 2.45) is 34.5 Å². The Morgan fingerprint density at radius 3 is 2.90 bits per heavy atom. The monoisotopic (exact) mass is 400 g/mol. The summed E-state index contributed by atoms with van der Waals surface area (Å²) in [5, 5.41) is 11.7. The molecule has 2 unspecified atom stereocenters. The van der Waals surface area contributed by atoms with E-state index in [1.165, 1.54) is 19.1 Å². The van der Waals surface area contributed by atoms with E-state index in [0.29, 0.717) is 36.5 Å². The number of ketones is 1. The fourth-order valence-electron chi connectivity index (χ4n) is 8.75. The fraction of sp³-hybridized carbons (Fsp3) is 0.833. The highest BCUT2D eigenvalue weighted by atomic mass is 16.6. The molecule has 6 aliphatic rings. The Balaban J connectivity index is 1.37. The van der Waals surface area contributed by atoms with Gasteiger partial charge < -0.3 is 14.6 Å². The first-order valence-electron chi connectivity index (χ1n) is 11.4. The van der Waals surface area contributed by atoms with Gasteiger partial charge in [-0.25, -0.2) is 0 Å². The van der Waals surface area contributed by atoms with Crippen molar-refractivity contribution < 1.29 is 24.2 Å². The summed E-state index contributed by atoms with van der Waals surface area (Å²) in [5.41, 5.74) is 0.177. The van der Waals surface area contributed by atoms with E-state index in [1.807, 2.05) is 6.08 Å². The third kappa shape index (κ3) is 2.00. The fourth-order valence-corrected chi connectivity index (χ4v) is 8.75. The van der Waals surface area contributed by atoms with Gasteiger partial charge in [-0.05, 0) is 68.3 Å². The Labute approximate surface area is 172 Å². The zero-order chi connectivity index (χ0) is 20.4. The molecular formula is C24H32O5. The molecule has 29 heavy (non-hydrogen) atoms. The number of carbonyl (C=O) groups excluding carboxylic acids is 2. The van der Waals surface area contributed by atoms with Crippen LogP contribution in [0.5, 0.6) is 0 Å². The molecule has 1 N–H and O–H groups in total. The summed E-state index contributed by atoms with van der Waals surface area (Å²) in [7, 11) is 1.41. The van der Waals surface area contributed by atoms with Crippen molar-refractivity contribution >= 4 is 11.8 Å². The molecule has 0 amide bonds. The standard InChI is InChI=1S/C24H32O5/c1-21-7-4-13(25)10-17(21)14-11-15(14)20-16-5-8-23(27,9-6-19(26)28-3)22(16,2)12-18-24(20,21)29-18/h10,14-16,18,20,27H,4-9,11-12H2,1-3H3/t14-,15+,16+,18+,20+,21+,22?,23-,24?/m1/s1. The van der Waals surface area contributed by atoms with Crippen molar-refractivity contribution in [2.45, 2.75) is 82.5 Å². The number of fused-ring (bicyclic) bond motifs is 6. The first-order chi connectivity index (χ1) is 13.7. The molecule has 4 saturated carbocycles. The zero-order valence-corrected chi connectivity index (χ0v) is 17.7. The quantitative estimate of drug-likeness (QED) is 0.582. The minimum absolute atomic E-state index is 0.0258. The number of rotatable bonds is 3. The van der Waals surface area contributed by atoms with Crippen molar-refractivity contribution in [2.75, 3.05) is 7.11 Å². The summed E-state index contributed by atoms with van der Waals surface area (Å²) in [6.45, 7) is 4.61. The molecule has 9 atom stereocenters. The van der Waals surface area contributed by atoms with Crippen LogP contribution in [0.25, 0.3) is 0 Å². The number of esters is 1. The van der Waals surface area contributed by atoms with Crippen LogP contribution in [0.15, 0.2) is 11.6 Å². The number of ether oxygens (including phenoxy) is 2. The molecule has 5 fully saturated rings. The van der Waals surface area contributed by atoms with Gasteiger partial charge in [0.1, 0.15) is 5.60 Å². The maximum absolute atomic E-state index is 12.2. The van der Waals surface area contributed by atoms with E-state index in [2.05, 4.69) is 13.8 Å². The van der Waals surface area contributed by atoms with Gasteiger partial charge in [-0.2, -0.15) is 0 Å². The zero-order valence-electron chi connectivity index (χ0n) is 17.7. The Hall–Kier alpha value is -1.20. The molecule has 0 aromatic heterocycles. The van der Waals surface area contributed by atoms with Gasteiger partial charge >= 0.3 is 5.97 Å².